The molecular weight excluding hydrogens is 392 g/mol. The molecule has 2 atom stereocenters. The van der Waals surface area contributed by atoms with E-state index in [1.54, 1.807) is 49.0 Å². The number of carbonyl (C=O) groups is 2. The molecule has 1 amide bonds. The minimum atomic E-state index is -0.809. The van der Waals surface area contributed by atoms with E-state index in [0.717, 1.165) is 5.56 Å². The standard InChI is InChI=1S/C21H24N2O5S/c1-14-6-4-8-17(12-14)20(24)22-19(10-11-29-3)21(25)28-15(2)16-7-5-9-18(13-16)23(26)27/h4-9,12-13,15,19H,10-11H2,1-3H3,(H,22,24)/t15-,19-/m1/s1. The first-order valence-corrected chi connectivity index (χ1v) is 10.5. The highest BCUT2D eigenvalue weighted by atomic mass is 32.2. The molecule has 1 N–H and O–H groups in total. The van der Waals surface area contributed by atoms with Gasteiger partial charge in [-0.3, -0.25) is 14.9 Å². The van der Waals surface area contributed by atoms with E-state index >= 15 is 0 Å². The molecule has 7 nitrogen and oxygen atoms in total. The summed E-state index contributed by atoms with van der Waals surface area (Å²) in [5, 5.41) is 13.7. The van der Waals surface area contributed by atoms with Crippen LogP contribution in [-0.2, 0) is 9.53 Å². The summed E-state index contributed by atoms with van der Waals surface area (Å²) >= 11 is 1.56. The number of benzene rings is 2. The molecule has 2 aromatic rings. The van der Waals surface area contributed by atoms with Crippen molar-refractivity contribution in [2.75, 3.05) is 12.0 Å². The normalized spacial score (nSPS) is 12.7. The largest absolute Gasteiger partial charge is 0.456 e. The zero-order chi connectivity index (χ0) is 21.4. The summed E-state index contributed by atoms with van der Waals surface area (Å²) in [4.78, 5) is 35.7. The van der Waals surface area contributed by atoms with Crippen molar-refractivity contribution in [1.82, 2.24) is 5.32 Å². The van der Waals surface area contributed by atoms with Gasteiger partial charge in [0.05, 0.1) is 4.92 Å². The van der Waals surface area contributed by atoms with Crippen LogP contribution in [0.25, 0.3) is 0 Å². The van der Waals surface area contributed by atoms with Gasteiger partial charge in [-0.1, -0.05) is 29.8 Å². The van der Waals surface area contributed by atoms with Crippen LogP contribution in [0.3, 0.4) is 0 Å². The maximum absolute atomic E-state index is 12.7. The van der Waals surface area contributed by atoms with Gasteiger partial charge in [0, 0.05) is 17.7 Å². The second-order valence-electron chi connectivity index (χ2n) is 6.61. The summed E-state index contributed by atoms with van der Waals surface area (Å²) in [5.41, 5.74) is 1.86. The lowest BCUT2D eigenvalue weighted by Gasteiger charge is -2.21. The Morgan fingerprint density at radius 1 is 1.21 bits per heavy atom. The number of rotatable bonds is 9. The summed E-state index contributed by atoms with van der Waals surface area (Å²) in [6, 6.07) is 12.2. The zero-order valence-corrected chi connectivity index (χ0v) is 17.4. The van der Waals surface area contributed by atoms with Crippen LogP contribution in [0.1, 0.15) is 40.9 Å². The van der Waals surface area contributed by atoms with Crippen molar-refractivity contribution in [3.05, 3.63) is 75.3 Å². The van der Waals surface area contributed by atoms with Gasteiger partial charge < -0.3 is 10.1 Å². The van der Waals surface area contributed by atoms with E-state index < -0.39 is 23.0 Å². The summed E-state index contributed by atoms with van der Waals surface area (Å²) < 4.78 is 5.51. The van der Waals surface area contributed by atoms with Gasteiger partial charge in [0.25, 0.3) is 11.6 Å². The zero-order valence-electron chi connectivity index (χ0n) is 16.6. The van der Waals surface area contributed by atoms with E-state index in [1.165, 1.54) is 12.1 Å². The minimum absolute atomic E-state index is 0.0721. The molecule has 0 fully saturated rings. The number of nitro benzene ring substituents is 1. The SMILES string of the molecule is CSCC[C@@H](NC(=O)c1cccc(C)c1)C(=O)O[C@H](C)c1cccc([N+](=O)[O-])c1. The molecule has 0 aliphatic heterocycles. The molecule has 0 aliphatic carbocycles. The molecule has 0 spiro atoms. The van der Waals surface area contributed by atoms with Crippen LogP contribution in [0.5, 0.6) is 0 Å². The Kier molecular flexibility index (Phi) is 8.21. The maximum atomic E-state index is 12.7. The smallest absolute Gasteiger partial charge is 0.329 e. The van der Waals surface area contributed by atoms with Crippen LogP contribution in [-0.4, -0.2) is 34.9 Å². The lowest BCUT2D eigenvalue weighted by molar-refractivity contribution is -0.385. The van der Waals surface area contributed by atoms with E-state index in [0.29, 0.717) is 23.3 Å². The third kappa shape index (κ3) is 6.60. The number of nitrogens with zero attached hydrogens (tertiary/aromatic N) is 1. The average Bonchev–Trinajstić information content (AvgIpc) is 2.70. The summed E-state index contributed by atoms with van der Waals surface area (Å²) in [5.74, 6) is -0.252. The van der Waals surface area contributed by atoms with Gasteiger partial charge >= 0.3 is 5.97 Å². The first-order valence-electron chi connectivity index (χ1n) is 9.13. The molecule has 0 bridgehead atoms. The van der Waals surface area contributed by atoms with Crippen LogP contribution in [0.15, 0.2) is 48.5 Å². The highest BCUT2D eigenvalue weighted by Gasteiger charge is 2.25. The summed E-state index contributed by atoms with van der Waals surface area (Å²) in [7, 11) is 0. The third-order valence-electron chi connectivity index (χ3n) is 4.32. The van der Waals surface area contributed by atoms with Crippen LogP contribution in [0.4, 0.5) is 5.69 Å². The van der Waals surface area contributed by atoms with E-state index in [-0.39, 0.29) is 11.6 Å². The van der Waals surface area contributed by atoms with E-state index in [1.807, 2.05) is 19.2 Å². The Labute approximate surface area is 174 Å². The molecule has 2 aromatic carbocycles. The van der Waals surface area contributed by atoms with Gasteiger partial charge in [-0.05, 0) is 50.0 Å². The van der Waals surface area contributed by atoms with Crippen molar-refractivity contribution in [3.63, 3.8) is 0 Å². The third-order valence-corrected chi connectivity index (χ3v) is 4.97. The molecular formula is C21H24N2O5S. The molecule has 0 unspecified atom stereocenters. The van der Waals surface area contributed by atoms with Crippen molar-refractivity contribution in [2.45, 2.75) is 32.4 Å². The number of esters is 1. The molecule has 154 valence electrons. The Balaban J connectivity index is 2.10. The van der Waals surface area contributed by atoms with E-state index in [9.17, 15) is 19.7 Å². The Hall–Kier alpha value is -2.87. The number of thioether (sulfide) groups is 1. The topological polar surface area (TPSA) is 98.5 Å². The molecule has 0 radical (unpaired) electrons. The van der Waals surface area contributed by atoms with Crippen LogP contribution in [0.2, 0.25) is 0 Å². The Bertz CT molecular complexity index is 887. The number of nitro groups is 1. The summed E-state index contributed by atoms with van der Waals surface area (Å²) in [6.07, 6.45) is 1.64. The fourth-order valence-corrected chi connectivity index (χ4v) is 3.20. The van der Waals surface area contributed by atoms with Crippen molar-refractivity contribution in [3.8, 4) is 0 Å². The second-order valence-corrected chi connectivity index (χ2v) is 7.59. The number of aryl methyl sites for hydroxylation is 1. The molecule has 29 heavy (non-hydrogen) atoms. The van der Waals surface area contributed by atoms with Crippen molar-refractivity contribution in [2.24, 2.45) is 0 Å². The molecule has 0 saturated carbocycles. The van der Waals surface area contributed by atoms with Crippen molar-refractivity contribution >= 4 is 29.3 Å². The lowest BCUT2D eigenvalue weighted by atomic mass is 10.1. The first kappa shape index (κ1) is 22.4. The van der Waals surface area contributed by atoms with E-state index in [4.69, 9.17) is 4.74 Å². The number of non-ortho nitro benzene ring substituents is 1. The fraction of sp³-hybridized carbons (Fsp3) is 0.333. The Morgan fingerprint density at radius 2 is 1.93 bits per heavy atom. The molecule has 8 heteroatoms. The van der Waals surface area contributed by atoms with Crippen LogP contribution < -0.4 is 5.32 Å². The fourth-order valence-electron chi connectivity index (χ4n) is 2.73. The number of ether oxygens (including phenoxy) is 1. The van der Waals surface area contributed by atoms with Gasteiger partial charge in [-0.15, -0.1) is 0 Å². The molecule has 0 saturated heterocycles. The van der Waals surface area contributed by atoms with Crippen molar-refractivity contribution in [1.29, 1.82) is 0 Å². The Morgan fingerprint density at radius 3 is 2.59 bits per heavy atom. The molecule has 2 rings (SSSR count). The summed E-state index contributed by atoms with van der Waals surface area (Å²) in [6.45, 7) is 3.53. The quantitative estimate of drug-likeness (QED) is 0.376. The highest BCUT2D eigenvalue weighted by molar-refractivity contribution is 7.98. The van der Waals surface area contributed by atoms with Crippen molar-refractivity contribution < 1.29 is 19.2 Å². The second kappa shape index (κ2) is 10.6. The molecule has 0 aliphatic rings. The lowest BCUT2D eigenvalue weighted by Crippen LogP contribution is -2.42. The number of hydrogen-bond donors (Lipinski definition) is 1. The predicted octanol–water partition coefficient (Wildman–Crippen LogP) is 4.06. The maximum Gasteiger partial charge on any atom is 0.329 e. The number of carbonyl (C=O) groups excluding carboxylic acids is 2. The van der Waals surface area contributed by atoms with Gasteiger partial charge in [0.2, 0.25) is 0 Å². The number of amides is 1. The predicted molar refractivity (Wildman–Crippen MR) is 113 cm³/mol. The van der Waals surface area contributed by atoms with Gasteiger partial charge in [0.1, 0.15) is 12.1 Å². The van der Waals surface area contributed by atoms with Gasteiger partial charge in [0.15, 0.2) is 0 Å². The minimum Gasteiger partial charge on any atom is -0.456 e. The number of hydrogen-bond acceptors (Lipinski definition) is 6. The van der Waals surface area contributed by atoms with Gasteiger partial charge in [-0.2, -0.15) is 11.8 Å². The average molecular weight is 416 g/mol. The van der Waals surface area contributed by atoms with Crippen LogP contribution >= 0.6 is 11.8 Å². The number of nitrogens with one attached hydrogen (secondary N) is 1. The van der Waals surface area contributed by atoms with Crippen LogP contribution in [0, 0.1) is 17.0 Å². The highest BCUT2D eigenvalue weighted by Crippen LogP contribution is 2.22. The molecule has 0 heterocycles. The first-order chi connectivity index (χ1) is 13.8. The molecule has 0 aromatic heterocycles. The monoisotopic (exact) mass is 416 g/mol. The van der Waals surface area contributed by atoms with Gasteiger partial charge in [-0.25, -0.2) is 4.79 Å². The van der Waals surface area contributed by atoms with E-state index in [2.05, 4.69) is 5.32 Å².